The average molecular weight is 259 g/mol. The van der Waals surface area contributed by atoms with E-state index in [1.807, 2.05) is 12.1 Å². The molecule has 1 heterocycles. The molecule has 2 aliphatic rings. The second kappa shape index (κ2) is 5.31. The van der Waals surface area contributed by atoms with Crippen molar-refractivity contribution < 1.29 is 4.79 Å². The van der Waals surface area contributed by atoms with Crippen molar-refractivity contribution in [3.05, 3.63) is 35.4 Å². The molecule has 1 aliphatic heterocycles. The number of hydrogen-bond donors (Lipinski definition) is 3. The largest absolute Gasteiger partial charge is 0.351 e. The fraction of sp³-hybridized carbons (Fsp3) is 0.533. The van der Waals surface area contributed by atoms with Crippen LogP contribution < -0.4 is 16.2 Å². The number of benzene rings is 1. The van der Waals surface area contributed by atoms with E-state index in [2.05, 4.69) is 35.2 Å². The van der Waals surface area contributed by atoms with Crippen LogP contribution in [0, 0.1) is 12.8 Å². The molecule has 0 bridgehead atoms. The number of hydrazine groups is 1. The van der Waals surface area contributed by atoms with Gasteiger partial charge in [-0.15, -0.1) is 0 Å². The maximum atomic E-state index is 12.1. The average Bonchev–Trinajstić information content (AvgIpc) is 3.15. The van der Waals surface area contributed by atoms with E-state index >= 15 is 0 Å². The van der Waals surface area contributed by atoms with Crippen LogP contribution in [-0.4, -0.2) is 18.0 Å². The van der Waals surface area contributed by atoms with Gasteiger partial charge in [0.25, 0.3) is 0 Å². The van der Waals surface area contributed by atoms with Crippen LogP contribution in [0.15, 0.2) is 24.3 Å². The third-order valence-electron chi connectivity index (χ3n) is 4.15. The van der Waals surface area contributed by atoms with Crippen molar-refractivity contribution in [2.75, 3.05) is 0 Å². The van der Waals surface area contributed by atoms with Gasteiger partial charge in [0.1, 0.15) is 6.04 Å². The van der Waals surface area contributed by atoms with E-state index in [0.717, 1.165) is 12.3 Å². The summed E-state index contributed by atoms with van der Waals surface area (Å²) in [5.74, 6) is 0.876. The lowest BCUT2D eigenvalue weighted by Crippen LogP contribution is -2.43. The van der Waals surface area contributed by atoms with E-state index in [9.17, 15) is 4.79 Å². The van der Waals surface area contributed by atoms with Gasteiger partial charge in [0, 0.05) is 12.6 Å². The maximum absolute atomic E-state index is 12.1. The summed E-state index contributed by atoms with van der Waals surface area (Å²) in [6.45, 7) is 2.68. The summed E-state index contributed by atoms with van der Waals surface area (Å²) in [7, 11) is 0. The first-order valence-corrected chi connectivity index (χ1v) is 7.07. The minimum atomic E-state index is -0.0883. The summed E-state index contributed by atoms with van der Waals surface area (Å²) >= 11 is 0. The topological polar surface area (TPSA) is 53.2 Å². The molecular weight excluding hydrogens is 238 g/mol. The minimum Gasteiger partial charge on any atom is -0.351 e. The highest BCUT2D eigenvalue weighted by molar-refractivity contribution is 5.82. The standard InChI is InChI=1S/C15H21N3O/c1-10-4-2-3-5-12(10)9-16-15(19)14-8-13(17-18-14)11-6-7-11/h2-5,11,13-14,17-18H,6-9H2,1H3,(H,16,19). The molecule has 0 radical (unpaired) electrons. The second-order valence-electron chi connectivity index (χ2n) is 5.67. The van der Waals surface area contributed by atoms with Crippen LogP contribution in [0.4, 0.5) is 0 Å². The van der Waals surface area contributed by atoms with E-state index in [1.54, 1.807) is 0 Å². The predicted molar refractivity (Wildman–Crippen MR) is 74.2 cm³/mol. The first-order chi connectivity index (χ1) is 9.24. The van der Waals surface area contributed by atoms with Crippen molar-refractivity contribution in [1.29, 1.82) is 0 Å². The molecule has 2 atom stereocenters. The maximum Gasteiger partial charge on any atom is 0.238 e. The zero-order chi connectivity index (χ0) is 13.2. The van der Waals surface area contributed by atoms with Gasteiger partial charge in [-0.05, 0) is 43.2 Å². The van der Waals surface area contributed by atoms with Gasteiger partial charge in [-0.1, -0.05) is 24.3 Å². The van der Waals surface area contributed by atoms with E-state index < -0.39 is 0 Å². The SMILES string of the molecule is Cc1ccccc1CNC(=O)C1CC(C2CC2)NN1. The molecule has 0 spiro atoms. The molecule has 3 N–H and O–H groups in total. The zero-order valence-corrected chi connectivity index (χ0v) is 11.3. The van der Waals surface area contributed by atoms with Crippen LogP contribution in [0.5, 0.6) is 0 Å². The Balaban J connectivity index is 1.50. The van der Waals surface area contributed by atoms with Crippen molar-refractivity contribution in [3.63, 3.8) is 0 Å². The molecule has 1 aromatic carbocycles. The van der Waals surface area contributed by atoms with Crippen molar-refractivity contribution >= 4 is 5.91 Å². The summed E-state index contributed by atoms with van der Waals surface area (Å²) in [6.07, 6.45) is 3.51. The Kier molecular flexibility index (Phi) is 3.53. The lowest BCUT2D eigenvalue weighted by molar-refractivity contribution is -0.123. The molecule has 1 aromatic rings. The first kappa shape index (κ1) is 12.6. The van der Waals surface area contributed by atoms with Gasteiger partial charge < -0.3 is 5.32 Å². The van der Waals surface area contributed by atoms with Crippen molar-refractivity contribution in [1.82, 2.24) is 16.2 Å². The van der Waals surface area contributed by atoms with Crippen molar-refractivity contribution in [2.24, 2.45) is 5.92 Å². The van der Waals surface area contributed by atoms with Gasteiger partial charge in [-0.3, -0.25) is 10.2 Å². The van der Waals surface area contributed by atoms with Crippen LogP contribution in [0.25, 0.3) is 0 Å². The molecule has 1 amide bonds. The van der Waals surface area contributed by atoms with E-state index in [-0.39, 0.29) is 11.9 Å². The minimum absolute atomic E-state index is 0.0883. The molecule has 3 rings (SSSR count). The number of carbonyl (C=O) groups excluding carboxylic acids is 1. The monoisotopic (exact) mass is 259 g/mol. The summed E-state index contributed by atoms with van der Waals surface area (Å²) in [5.41, 5.74) is 8.76. The first-order valence-electron chi connectivity index (χ1n) is 7.07. The Hall–Kier alpha value is -1.39. The van der Waals surface area contributed by atoms with Gasteiger partial charge in [-0.2, -0.15) is 0 Å². The van der Waals surface area contributed by atoms with Crippen LogP contribution in [0.1, 0.15) is 30.4 Å². The van der Waals surface area contributed by atoms with Crippen LogP contribution in [0.2, 0.25) is 0 Å². The number of hydrogen-bond acceptors (Lipinski definition) is 3. The molecule has 4 nitrogen and oxygen atoms in total. The highest BCUT2D eigenvalue weighted by Crippen LogP contribution is 2.35. The van der Waals surface area contributed by atoms with Gasteiger partial charge in [0.05, 0.1) is 0 Å². The van der Waals surface area contributed by atoms with Crippen LogP contribution >= 0.6 is 0 Å². The molecule has 1 saturated heterocycles. The number of nitrogens with one attached hydrogen (secondary N) is 3. The van der Waals surface area contributed by atoms with Crippen LogP contribution in [-0.2, 0) is 11.3 Å². The van der Waals surface area contributed by atoms with Crippen LogP contribution in [0.3, 0.4) is 0 Å². The van der Waals surface area contributed by atoms with E-state index in [1.165, 1.54) is 24.0 Å². The van der Waals surface area contributed by atoms with Gasteiger partial charge in [0.2, 0.25) is 5.91 Å². The number of rotatable bonds is 4. The summed E-state index contributed by atoms with van der Waals surface area (Å²) in [5, 5.41) is 3.02. The quantitative estimate of drug-likeness (QED) is 0.763. The Morgan fingerprint density at radius 3 is 2.84 bits per heavy atom. The molecule has 1 aliphatic carbocycles. The highest BCUT2D eigenvalue weighted by atomic mass is 16.2. The Labute approximate surface area is 113 Å². The molecule has 2 fully saturated rings. The second-order valence-corrected chi connectivity index (χ2v) is 5.67. The Morgan fingerprint density at radius 1 is 1.32 bits per heavy atom. The Morgan fingerprint density at radius 2 is 2.11 bits per heavy atom. The third-order valence-corrected chi connectivity index (χ3v) is 4.15. The summed E-state index contributed by atoms with van der Waals surface area (Å²) < 4.78 is 0. The molecular formula is C15H21N3O. The lowest BCUT2D eigenvalue weighted by Gasteiger charge is -2.11. The molecule has 19 heavy (non-hydrogen) atoms. The fourth-order valence-electron chi connectivity index (χ4n) is 2.67. The number of amides is 1. The highest BCUT2D eigenvalue weighted by Gasteiger charge is 2.38. The predicted octanol–water partition coefficient (Wildman–Crippen LogP) is 1.26. The van der Waals surface area contributed by atoms with Crippen molar-refractivity contribution in [2.45, 2.75) is 44.8 Å². The fourth-order valence-corrected chi connectivity index (χ4v) is 2.67. The lowest BCUT2D eigenvalue weighted by atomic mass is 10.1. The smallest absolute Gasteiger partial charge is 0.238 e. The number of aryl methyl sites for hydroxylation is 1. The van der Waals surface area contributed by atoms with Crippen molar-refractivity contribution in [3.8, 4) is 0 Å². The van der Waals surface area contributed by atoms with Gasteiger partial charge in [-0.25, -0.2) is 5.43 Å². The Bertz CT molecular complexity index is 470. The van der Waals surface area contributed by atoms with E-state index in [0.29, 0.717) is 12.6 Å². The van der Waals surface area contributed by atoms with Gasteiger partial charge >= 0.3 is 0 Å². The molecule has 2 unspecified atom stereocenters. The van der Waals surface area contributed by atoms with Gasteiger partial charge in [0.15, 0.2) is 0 Å². The third kappa shape index (κ3) is 2.96. The molecule has 0 aromatic heterocycles. The molecule has 4 heteroatoms. The zero-order valence-electron chi connectivity index (χ0n) is 11.3. The molecule has 102 valence electrons. The normalized spacial score (nSPS) is 26.4. The van der Waals surface area contributed by atoms with E-state index in [4.69, 9.17) is 0 Å². The molecule has 1 saturated carbocycles. The number of carbonyl (C=O) groups is 1. The summed E-state index contributed by atoms with van der Waals surface area (Å²) in [4.78, 5) is 12.1. The summed E-state index contributed by atoms with van der Waals surface area (Å²) in [6, 6.07) is 8.54.